The highest BCUT2D eigenvalue weighted by molar-refractivity contribution is 6.30. The van der Waals surface area contributed by atoms with Crippen LogP contribution < -0.4 is 10.6 Å². The Morgan fingerprint density at radius 2 is 1.91 bits per heavy atom. The predicted molar refractivity (Wildman–Crippen MR) is 87.6 cm³/mol. The number of carbonyl (C=O) groups excluding carboxylic acids is 2. The van der Waals surface area contributed by atoms with E-state index in [1.165, 1.54) is 0 Å². The van der Waals surface area contributed by atoms with Gasteiger partial charge in [-0.25, -0.2) is 0 Å². The van der Waals surface area contributed by atoms with Crippen LogP contribution in [0.5, 0.6) is 0 Å². The molecule has 1 atom stereocenters. The Kier molecular flexibility index (Phi) is 7.91. The topological polar surface area (TPSA) is 66.0 Å². The molecule has 0 aliphatic rings. The minimum absolute atomic E-state index is 0.0328. The lowest BCUT2D eigenvalue weighted by atomic mass is 10.1. The molecule has 1 aromatic carbocycles. The average Bonchev–Trinajstić information content (AvgIpc) is 2.50. The Hall–Kier alpha value is -1.59. The molecular formula is C16H25ClN3O2+. The van der Waals surface area contributed by atoms with Crippen molar-refractivity contribution in [2.75, 3.05) is 26.2 Å². The molecule has 1 aromatic rings. The Morgan fingerprint density at radius 1 is 1.27 bits per heavy atom. The van der Waals surface area contributed by atoms with Crippen LogP contribution in [0.3, 0.4) is 0 Å². The lowest BCUT2D eigenvalue weighted by Gasteiger charge is -2.20. The second kappa shape index (κ2) is 9.43. The van der Waals surface area contributed by atoms with Gasteiger partial charge in [0.1, 0.15) is 6.04 Å². The second-order valence-corrected chi connectivity index (χ2v) is 5.58. The van der Waals surface area contributed by atoms with E-state index in [1.807, 2.05) is 50.4 Å². The number of nitrogens with zero attached hydrogens (tertiary/aromatic N) is 1. The number of benzene rings is 1. The van der Waals surface area contributed by atoms with Crippen molar-refractivity contribution < 1.29 is 14.9 Å². The molecule has 0 aromatic heterocycles. The Morgan fingerprint density at radius 3 is 2.45 bits per heavy atom. The molecule has 1 rings (SSSR count). The van der Waals surface area contributed by atoms with E-state index in [2.05, 4.69) is 5.32 Å². The van der Waals surface area contributed by atoms with Crippen molar-refractivity contribution in [2.24, 2.45) is 0 Å². The van der Waals surface area contributed by atoms with E-state index in [0.29, 0.717) is 24.7 Å². The van der Waals surface area contributed by atoms with Gasteiger partial charge in [0.15, 0.2) is 6.54 Å². The first-order valence-corrected chi connectivity index (χ1v) is 7.99. The molecule has 2 amide bonds. The maximum Gasteiger partial charge on any atom is 0.278 e. The summed E-state index contributed by atoms with van der Waals surface area (Å²) >= 11 is 5.87. The first kappa shape index (κ1) is 18.5. The van der Waals surface area contributed by atoms with Crippen LogP contribution in [0.25, 0.3) is 0 Å². The molecule has 22 heavy (non-hydrogen) atoms. The zero-order chi connectivity index (χ0) is 16.5. The predicted octanol–water partition coefficient (Wildman–Crippen LogP) is 0.949. The monoisotopic (exact) mass is 326 g/mol. The molecule has 0 saturated carbocycles. The number of rotatable bonds is 8. The molecule has 0 aliphatic carbocycles. The van der Waals surface area contributed by atoms with E-state index in [0.717, 1.165) is 5.56 Å². The van der Waals surface area contributed by atoms with Crippen molar-refractivity contribution in [1.82, 2.24) is 10.2 Å². The van der Waals surface area contributed by atoms with E-state index in [9.17, 15) is 9.59 Å². The zero-order valence-corrected chi connectivity index (χ0v) is 14.2. The maximum absolute atomic E-state index is 12.2. The molecule has 122 valence electrons. The van der Waals surface area contributed by atoms with Crippen LogP contribution in [0.2, 0.25) is 5.02 Å². The molecule has 0 bridgehead atoms. The van der Waals surface area contributed by atoms with Gasteiger partial charge in [0.05, 0.1) is 6.54 Å². The van der Waals surface area contributed by atoms with Crippen LogP contribution in [-0.2, 0) is 9.59 Å². The highest BCUT2D eigenvalue weighted by Gasteiger charge is 2.18. The number of carbonyl (C=O) groups is 2. The number of nitrogens with one attached hydrogen (secondary N) is 1. The third-order valence-corrected chi connectivity index (χ3v) is 3.74. The Balaban J connectivity index is 2.49. The summed E-state index contributed by atoms with van der Waals surface area (Å²) in [5, 5.41) is 5.37. The van der Waals surface area contributed by atoms with Crippen molar-refractivity contribution >= 4 is 23.4 Å². The number of likely N-dealkylation sites (N-methyl/N-ethyl adjacent to an activating group) is 2. The molecule has 0 spiro atoms. The van der Waals surface area contributed by atoms with Crippen molar-refractivity contribution in [1.29, 1.82) is 0 Å². The molecule has 3 N–H and O–H groups in total. The quantitative estimate of drug-likeness (QED) is 0.747. The van der Waals surface area contributed by atoms with Crippen molar-refractivity contribution in [3.63, 3.8) is 0 Å². The van der Waals surface area contributed by atoms with Gasteiger partial charge < -0.3 is 15.5 Å². The van der Waals surface area contributed by atoms with Crippen molar-refractivity contribution in [3.8, 4) is 0 Å². The summed E-state index contributed by atoms with van der Waals surface area (Å²) in [7, 11) is 0. The summed E-state index contributed by atoms with van der Waals surface area (Å²) < 4.78 is 0. The van der Waals surface area contributed by atoms with Crippen LogP contribution in [0.1, 0.15) is 32.4 Å². The van der Waals surface area contributed by atoms with Gasteiger partial charge in [-0.2, -0.15) is 0 Å². The summed E-state index contributed by atoms with van der Waals surface area (Å²) in [5.41, 5.74) is 1.11. The number of nitrogens with two attached hydrogens (primary N) is 1. The molecule has 5 nitrogen and oxygen atoms in total. The van der Waals surface area contributed by atoms with E-state index >= 15 is 0 Å². The summed E-state index contributed by atoms with van der Waals surface area (Å²) in [4.78, 5) is 25.3. The van der Waals surface area contributed by atoms with Gasteiger partial charge in [0.2, 0.25) is 5.91 Å². The molecule has 6 heteroatoms. The summed E-state index contributed by atoms with van der Waals surface area (Å²) in [6, 6.07) is 7.76. The third-order valence-electron chi connectivity index (χ3n) is 3.48. The second-order valence-electron chi connectivity index (χ2n) is 5.14. The SMILES string of the molecule is CCNC(=O)CN(CC)C(=O)C[NH2+][C@H](C)c1ccc(Cl)cc1. The number of quaternary nitrogens is 1. The number of hydrogen-bond acceptors (Lipinski definition) is 2. The van der Waals surface area contributed by atoms with Crippen LogP contribution in [-0.4, -0.2) is 42.9 Å². The summed E-state index contributed by atoms with van der Waals surface area (Å²) in [6.07, 6.45) is 0. The van der Waals surface area contributed by atoms with Crippen LogP contribution in [0.4, 0.5) is 0 Å². The van der Waals surface area contributed by atoms with Crippen LogP contribution in [0.15, 0.2) is 24.3 Å². The van der Waals surface area contributed by atoms with E-state index < -0.39 is 0 Å². The summed E-state index contributed by atoms with van der Waals surface area (Å²) in [6.45, 7) is 7.31. The smallest absolute Gasteiger partial charge is 0.278 e. The largest absolute Gasteiger partial charge is 0.355 e. The van der Waals surface area contributed by atoms with Gasteiger partial charge in [0.25, 0.3) is 5.91 Å². The fraction of sp³-hybridized carbons (Fsp3) is 0.500. The number of amides is 2. The average molecular weight is 327 g/mol. The lowest BCUT2D eigenvalue weighted by molar-refractivity contribution is -0.683. The van der Waals surface area contributed by atoms with Gasteiger partial charge in [-0.1, -0.05) is 23.7 Å². The first-order chi connectivity index (χ1) is 10.5. The van der Waals surface area contributed by atoms with Gasteiger partial charge in [-0.15, -0.1) is 0 Å². The van der Waals surface area contributed by atoms with Crippen molar-refractivity contribution in [2.45, 2.75) is 26.8 Å². The zero-order valence-electron chi connectivity index (χ0n) is 13.4. The van der Waals surface area contributed by atoms with Crippen LogP contribution in [0, 0.1) is 0 Å². The van der Waals surface area contributed by atoms with Gasteiger partial charge >= 0.3 is 0 Å². The van der Waals surface area contributed by atoms with E-state index in [4.69, 9.17) is 11.6 Å². The first-order valence-electron chi connectivity index (χ1n) is 7.61. The van der Waals surface area contributed by atoms with Gasteiger partial charge in [0, 0.05) is 23.7 Å². The highest BCUT2D eigenvalue weighted by atomic mass is 35.5. The van der Waals surface area contributed by atoms with E-state index in [1.54, 1.807) is 4.90 Å². The minimum atomic E-state index is -0.122. The van der Waals surface area contributed by atoms with Crippen LogP contribution >= 0.6 is 11.6 Å². The molecular weight excluding hydrogens is 302 g/mol. The molecule has 0 aliphatic heterocycles. The Bertz CT molecular complexity index is 491. The van der Waals surface area contributed by atoms with E-state index in [-0.39, 0.29) is 24.4 Å². The van der Waals surface area contributed by atoms with Gasteiger partial charge in [-0.3, -0.25) is 9.59 Å². The fourth-order valence-corrected chi connectivity index (χ4v) is 2.24. The lowest BCUT2D eigenvalue weighted by Crippen LogP contribution is -2.87. The number of hydrogen-bond donors (Lipinski definition) is 2. The van der Waals surface area contributed by atoms with Gasteiger partial charge in [-0.05, 0) is 32.9 Å². The van der Waals surface area contributed by atoms with Crippen molar-refractivity contribution in [3.05, 3.63) is 34.9 Å². The third kappa shape index (κ3) is 6.03. The molecule has 0 heterocycles. The Labute approximate surface area is 137 Å². The maximum atomic E-state index is 12.2. The fourth-order valence-electron chi connectivity index (χ4n) is 2.11. The molecule has 0 unspecified atom stereocenters. The minimum Gasteiger partial charge on any atom is -0.355 e. The molecule has 0 fully saturated rings. The number of halogens is 1. The molecule has 0 radical (unpaired) electrons. The molecule has 0 saturated heterocycles. The highest BCUT2D eigenvalue weighted by Crippen LogP contribution is 2.13. The summed E-state index contributed by atoms with van der Waals surface area (Å²) in [5.74, 6) is -0.155. The normalized spacial score (nSPS) is 11.8. The standard InChI is InChI=1S/C16H24ClN3O2/c1-4-18-15(21)11-20(5-2)16(22)10-19-12(3)13-6-8-14(17)9-7-13/h6-9,12,19H,4-5,10-11H2,1-3H3,(H,18,21)/p+1/t12-/m1/s1.